The summed E-state index contributed by atoms with van der Waals surface area (Å²) in [5.74, 6) is 3.94. The topological polar surface area (TPSA) is 87.8 Å². The minimum atomic E-state index is 0. The van der Waals surface area contributed by atoms with Gasteiger partial charge in [-0.2, -0.15) is 0 Å². The highest BCUT2D eigenvalue weighted by atomic mass is 32.2. The van der Waals surface area contributed by atoms with Gasteiger partial charge in [-0.05, 0) is 68.2 Å². The van der Waals surface area contributed by atoms with Crippen LogP contribution in [-0.4, -0.2) is 46.6 Å². The summed E-state index contributed by atoms with van der Waals surface area (Å²) in [6, 6.07) is 8.85. The van der Waals surface area contributed by atoms with Crippen LogP contribution in [-0.2, 0) is 0 Å². The van der Waals surface area contributed by atoms with Crippen molar-refractivity contribution in [1.82, 2.24) is 4.90 Å². The number of nitrogens with zero attached hydrogens (tertiary/aromatic N) is 2. The quantitative estimate of drug-likeness (QED) is 0.770. The fourth-order valence-corrected chi connectivity index (χ4v) is 4.80. The first-order chi connectivity index (χ1) is 11.4. The van der Waals surface area contributed by atoms with Crippen LogP contribution in [0.5, 0.6) is 5.75 Å². The van der Waals surface area contributed by atoms with Crippen molar-refractivity contribution in [2.75, 3.05) is 18.8 Å². The van der Waals surface area contributed by atoms with Gasteiger partial charge in [-0.3, -0.25) is 0 Å². The molecule has 1 aromatic carbocycles. The summed E-state index contributed by atoms with van der Waals surface area (Å²) >= 11 is 1.73. The van der Waals surface area contributed by atoms with E-state index in [1.807, 2.05) is 0 Å². The van der Waals surface area contributed by atoms with Gasteiger partial charge in [0.1, 0.15) is 11.6 Å². The molecular formula is C19H30N2O3S. The van der Waals surface area contributed by atoms with Crippen molar-refractivity contribution in [2.24, 2.45) is 4.40 Å². The average Bonchev–Trinajstić information content (AvgIpc) is 2.63. The predicted octanol–water partition coefficient (Wildman–Crippen LogP) is 2.99. The number of hydrogen-bond acceptors (Lipinski definition) is 4. The molecule has 2 fully saturated rings. The Hall–Kier alpha value is -1.24. The normalized spacial score (nSPS) is 23.6. The van der Waals surface area contributed by atoms with Crippen molar-refractivity contribution in [2.45, 2.75) is 57.0 Å². The Kier molecular flexibility index (Phi) is 7.59. The zero-order chi connectivity index (χ0) is 15.5. The zero-order valence-electron chi connectivity index (χ0n) is 14.7. The summed E-state index contributed by atoms with van der Waals surface area (Å²) in [6.45, 7) is 2.33. The molecule has 3 aliphatic rings. The predicted molar refractivity (Wildman–Crippen MR) is 105 cm³/mol. The van der Waals surface area contributed by atoms with Crippen molar-refractivity contribution < 1.29 is 15.7 Å². The molecular weight excluding hydrogens is 336 g/mol. The minimum Gasteiger partial charge on any atom is -0.490 e. The molecule has 1 saturated carbocycles. The summed E-state index contributed by atoms with van der Waals surface area (Å²) in [5.41, 5.74) is 1.40. The third-order valence-electron chi connectivity index (χ3n) is 5.30. The highest BCUT2D eigenvalue weighted by Crippen LogP contribution is 2.33. The number of ether oxygens (including phenoxy) is 1. The molecule has 0 amide bonds. The van der Waals surface area contributed by atoms with Crippen molar-refractivity contribution in [3.63, 3.8) is 0 Å². The molecule has 0 bridgehead atoms. The van der Waals surface area contributed by atoms with Crippen LogP contribution in [0.4, 0.5) is 0 Å². The van der Waals surface area contributed by atoms with Gasteiger partial charge < -0.3 is 20.6 Å². The number of hydrogen-bond donors (Lipinski definition) is 0. The molecule has 1 aromatic rings. The fraction of sp³-hybridized carbons (Fsp3) is 0.632. The maximum atomic E-state index is 6.16. The van der Waals surface area contributed by atoms with Crippen LogP contribution >= 0.6 is 11.9 Å². The third kappa shape index (κ3) is 4.68. The molecule has 25 heavy (non-hydrogen) atoms. The number of amidine groups is 1. The van der Waals surface area contributed by atoms with Crippen LogP contribution in [0.1, 0.15) is 56.4 Å². The average molecular weight is 367 g/mol. The lowest BCUT2D eigenvalue weighted by atomic mass is 9.89. The van der Waals surface area contributed by atoms with E-state index in [1.165, 1.54) is 62.9 Å². The van der Waals surface area contributed by atoms with E-state index >= 15 is 0 Å². The summed E-state index contributed by atoms with van der Waals surface area (Å²) in [7, 11) is 0. The molecule has 1 atom stereocenters. The zero-order valence-corrected chi connectivity index (χ0v) is 15.6. The second-order valence-electron chi connectivity index (χ2n) is 6.91. The van der Waals surface area contributed by atoms with Crippen LogP contribution in [0.3, 0.4) is 0 Å². The van der Waals surface area contributed by atoms with Crippen LogP contribution in [0, 0.1) is 0 Å². The van der Waals surface area contributed by atoms with Gasteiger partial charge in [-0.1, -0.05) is 18.6 Å². The van der Waals surface area contributed by atoms with Crippen molar-refractivity contribution in [1.29, 1.82) is 0 Å². The Labute approximate surface area is 154 Å². The molecule has 4 N–H and O–H groups in total. The molecule has 1 aliphatic carbocycles. The van der Waals surface area contributed by atoms with E-state index in [1.54, 1.807) is 11.9 Å². The van der Waals surface area contributed by atoms with Crippen molar-refractivity contribution in [3.05, 3.63) is 29.8 Å². The van der Waals surface area contributed by atoms with Crippen LogP contribution in [0.15, 0.2) is 28.7 Å². The van der Waals surface area contributed by atoms with E-state index in [9.17, 15) is 0 Å². The van der Waals surface area contributed by atoms with E-state index < -0.39 is 0 Å². The van der Waals surface area contributed by atoms with Gasteiger partial charge >= 0.3 is 0 Å². The van der Waals surface area contributed by atoms with E-state index in [0.29, 0.717) is 12.0 Å². The molecule has 4 rings (SSSR count). The maximum Gasteiger partial charge on any atom is 0.120 e. The lowest BCUT2D eigenvalue weighted by Crippen LogP contribution is -2.42. The van der Waals surface area contributed by atoms with Crippen LogP contribution in [0.25, 0.3) is 0 Å². The SMILES string of the molecule is O.O.c1cc(C2CCCN3CCSN=C23)ccc1OC1CCCCC1. The molecule has 2 aliphatic heterocycles. The Balaban J connectivity index is 0.00000113. The summed E-state index contributed by atoms with van der Waals surface area (Å²) < 4.78 is 10.9. The number of rotatable bonds is 3. The number of benzene rings is 1. The van der Waals surface area contributed by atoms with Gasteiger partial charge in [-0.15, -0.1) is 0 Å². The molecule has 0 radical (unpaired) electrons. The molecule has 1 saturated heterocycles. The first kappa shape index (κ1) is 20.1. The molecule has 1 unspecified atom stereocenters. The summed E-state index contributed by atoms with van der Waals surface area (Å²) in [5, 5.41) is 0. The molecule has 2 heterocycles. The van der Waals surface area contributed by atoms with E-state index in [2.05, 4.69) is 29.2 Å². The number of piperidine rings is 1. The van der Waals surface area contributed by atoms with Gasteiger partial charge in [0, 0.05) is 24.8 Å². The van der Waals surface area contributed by atoms with Crippen molar-refractivity contribution >= 4 is 17.8 Å². The third-order valence-corrected chi connectivity index (χ3v) is 5.99. The Morgan fingerprint density at radius 1 is 0.920 bits per heavy atom. The monoisotopic (exact) mass is 366 g/mol. The lowest BCUT2D eigenvalue weighted by Gasteiger charge is -2.37. The highest BCUT2D eigenvalue weighted by molar-refractivity contribution is 7.98. The molecule has 140 valence electrons. The largest absolute Gasteiger partial charge is 0.490 e. The fourth-order valence-electron chi connectivity index (χ4n) is 4.03. The summed E-state index contributed by atoms with van der Waals surface area (Å²) in [4.78, 5) is 2.48. The highest BCUT2D eigenvalue weighted by Gasteiger charge is 2.29. The van der Waals surface area contributed by atoms with E-state index in [4.69, 9.17) is 9.13 Å². The Morgan fingerprint density at radius 2 is 1.68 bits per heavy atom. The standard InChI is InChI=1S/C19H26N2OS.2H2O/c1-2-5-16(6-3-1)22-17-10-8-15(9-11-17)18-7-4-12-21-13-14-23-20-19(18)21;;/h8-11,16,18H,1-7,12-14H2;2*1H2. The van der Waals surface area contributed by atoms with Gasteiger partial charge in [-0.25, -0.2) is 4.40 Å². The van der Waals surface area contributed by atoms with E-state index in [-0.39, 0.29) is 11.0 Å². The molecule has 6 heteroatoms. The minimum absolute atomic E-state index is 0. The Bertz CT molecular complexity index is 558. The summed E-state index contributed by atoms with van der Waals surface area (Å²) in [6.07, 6.45) is 9.36. The lowest BCUT2D eigenvalue weighted by molar-refractivity contribution is 0.155. The Morgan fingerprint density at radius 3 is 2.44 bits per heavy atom. The number of fused-ring (bicyclic) bond motifs is 1. The van der Waals surface area contributed by atoms with Gasteiger partial charge in [0.25, 0.3) is 0 Å². The molecule has 5 nitrogen and oxygen atoms in total. The van der Waals surface area contributed by atoms with Crippen LogP contribution in [0.2, 0.25) is 0 Å². The van der Waals surface area contributed by atoms with Gasteiger partial charge in [0.05, 0.1) is 6.10 Å². The molecule has 0 spiro atoms. The van der Waals surface area contributed by atoms with Gasteiger partial charge in [0.2, 0.25) is 0 Å². The second kappa shape index (κ2) is 9.46. The second-order valence-corrected chi connectivity index (χ2v) is 7.76. The van der Waals surface area contributed by atoms with Crippen molar-refractivity contribution in [3.8, 4) is 5.75 Å². The maximum absolute atomic E-state index is 6.16. The first-order valence-electron chi connectivity index (χ1n) is 9.11. The van der Waals surface area contributed by atoms with E-state index in [0.717, 1.165) is 18.0 Å². The van der Waals surface area contributed by atoms with Gasteiger partial charge in [0.15, 0.2) is 0 Å². The smallest absolute Gasteiger partial charge is 0.120 e. The molecule has 0 aromatic heterocycles. The first-order valence-corrected chi connectivity index (χ1v) is 10.1. The van der Waals surface area contributed by atoms with Crippen LogP contribution < -0.4 is 4.74 Å².